The first-order valence-electron chi connectivity index (χ1n) is 6.43. The van der Waals surface area contributed by atoms with Gasteiger partial charge in [0.2, 0.25) is 0 Å². The molecule has 2 nitrogen and oxygen atoms in total. The van der Waals surface area contributed by atoms with Gasteiger partial charge in [-0.3, -0.25) is 0 Å². The second kappa shape index (κ2) is 4.82. The predicted octanol–water partition coefficient (Wildman–Crippen LogP) is 4.23. The molecule has 18 heavy (non-hydrogen) atoms. The number of nitrogens with zero attached hydrogens (tertiary/aromatic N) is 1. The molecule has 2 heterocycles. The van der Waals surface area contributed by atoms with E-state index in [0.29, 0.717) is 0 Å². The molecule has 0 bridgehead atoms. The standard InChI is InChI=1S/C15H17NOS/c1-15(9-5-6-10-17-15)14-16-13(11-18-14)12-7-3-2-4-8-12/h2-4,7-8,11H,5-6,9-10H2,1H3. The van der Waals surface area contributed by atoms with Crippen LogP contribution in [-0.2, 0) is 10.3 Å². The molecule has 3 heteroatoms. The van der Waals surface area contributed by atoms with E-state index in [1.807, 2.05) is 18.2 Å². The zero-order valence-electron chi connectivity index (χ0n) is 10.6. The van der Waals surface area contributed by atoms with Gasteiger partial charge in [0, 0.05) is 17.6 Å². The van der Waals surface area contributed by atoms with Gasteiger partial charge in [0.25, 0.3) is 0 Å². The van der Waals surface area contributed by atoms with E-state index in [1.54, 1.807) is 11.3 Å². The number of aromatic nitrogens is 1. The summed E-state index contributed by atoms with van der Waals surface area (Å²) in [5.74, 6) is 0. The van der Waals surface area contributed by atoms with Crippen molar-refractivity contribution in [1.82, 2.24) is 4.98 Å². The maximum Gasteiger partial charge on any atom is 0.125 e. The fraction of sp³-hybridized carbons (Fsp3) is 0.400. The zero-order valence-corrected chi connectivity index (χ0v) is 11.4. The zero-order chi connectivity index (χ0) is 12.4. The van der Waals surface area contributed by atoms with Gasteiger partial charge in [-0.1, -0.05) is 30.3 Å². The van der Waals surface area contributed by atoms with E-state index in [2.05, 4.69) is 24.4 Å². The van der Waals surface area contributed by atoms with Crippen LogP contribution in [0, 0.1) is 0 Å². The summed E-state index contributed by atoms with van der Waals surface area (Å²) in [5, 5.41) is 3.24. The monoisotopic (exact) mass is 259 g/mol. The average Bonchev–Trinajstić information content (AvgIpc) is 2.91. The third-order valence-electron chi connectivity index (χ3n) is 3.49. The maximum atomic E-state index is 5.95. The summed E-state index contributed by atoms with van der Waals surface area (Å²) in [7, 11) is 0. The summed E-state index contributed by atoms with van der Waals surface area (Å²) in [4.78, 5) is 4.77. The van der Waals surface area contributed by atoms with Gasteiger partial charge in [0.1, 0.15) is 10.6 Å². The molecule has 1 unspecified atom stereocenters. The maximum absolute atomic E-state index is 5.95. The van der Waals surface area contributed by atoms with Crippen LogP contribution >= 0.6 is 11.3 Å². The van der Waals surface area contributed by atoms with Crippen LogP contribution in [0.2, 0.25) is 0 Å². The normalized spacial score (nSPS) is 24.1. The van der Waals surface area contributed by atoms with Gasteiger partial charge in [-0.25, -0.2) is 4.98 Å². The third-order valence-corrected chi connectivity index (χ3v) is 4.58. The molecule has 0 aliphatic carbocycles. The van der Waals surface area contributed by atoms with Gasteiger partial charge >= 0.3 is 0 Å². The van der Waals surface area contributed by atoms with Gasteiger partial charge in [-0.05, 0) is 26.2 Å². The molecule has 1 fully saturated rings. The molecule has 0 saturated carbocycles. The summed E-state index contributed by atoms with van der Waals surface area (Å²) >= 11 is 1.71. The van der Waals surface area contributed by atoms with Crippen LogP contribution in [0.4, 0.5) is 0 Å². The molecule has 2 aromatic rings. The van der Waals surface area contributed by atoms with Crippen LogP contribution in [0.15, 0.2) is 35.7 Å². The Balaban J connectivity index is 1.89. The molecule has 94 valence electrons. The number of thiazole rings is 1. The van der Waals surface area contributed by atoms with Crippen molar-refractivity contribution >= 4 is 11.3 Å². The van der Waals surface area contributed by atoms with Crippen molar-refractivity contribution in [2.24, 2.45) is 0 Å². The second-order valence-electron chi connectivity index (χ2n) is 4.94. The highest BCUT2D eigenvalue weighted by atomic mass is 32.1. The fourth-order valence-electron chi connectivity index (χ4n) is 2.36. The molecule has 1 atom stereocenters. The van der Waals surface area contributed by atoms with Gasteiger partial charge in [0.15, 0.2) is 0 Å². The molecule has 1 aromatic heterocycles. The molecular weight excluding hydrogens is 242 g/mol. The molecule has 0 spiro atoms. The molecule has 0 amide bonds. The molecule has 1 aromatic carbocycles. The van der Waals surface area contributed by atoms with Crippen molar-refractivity contribution in [1.29, 1.82) is 0 Å². The Morgan fingerprint density at radius 1 is 1.22 bits per heavy atom. The van der Waals surface area contributed by atoms with Crippen LogP contribution in [0.5, 0.6) is 0 Å². The van der Waals surface area contributed by atoms with Gasteiger partial charge in [0.05, 0.1) is 5.69 Å². The average molecular weight is 259 g/mol. The Hall–Kier alpha value is -1.19. The smallest absolute Gasteiger partial charge is 0.125 e. The third kappa shape index (κ3) is 2.20. The molecule has 0 radical (unpaired) electrons. The molecule has 1 aliphatic rings. The number of hydrogen-bond donors (Lipinski definition) is 0. The lowest BCUT2D eigenvalue weighted by atomic mass is 9.97. The quantitative estimate of drug-likeness (QED) is 0.805. The minimum absolute atomic E-state index is 0.171. The summed E-state index contributed by atoms with van der Waals surface area (Å²) in [6.45, 7) is 3.02. The minimum atomic E-state index is -0.171. The molecule has 1 saturated heterocycles. The minimum Gasteiger partial charge on any atom is -0.368 e. The highest BCUT2D eigenvalue weighted by molar-refractivity contribution is 7.10. The van der Waals surface area contributed by atoms with Gasteiger partial charge in [-0.15, -0.1) is 11.3 Å². The molecule has 1 aliphatic heterocycles. The van der Waals surface area contributed by atoms with E-state index in [9.17, 15) is 0 Å². The topological polar surface area (TPSA) is 22.1 Å². The SMILES string of the molecule is CC1(c2nc(-c3ccccc3)cs2)CCCCO1. The summed E-state index contributed by atoms with van der Waals surface area (Å²) in [6.07, 6.45) is 3.48. The number of benzene rings is 1. The predicted molar refractivity (Wildman–Crippen MR) is 74.7 cm³/mol. The van der Waals surface area contributed by atoms with Crippen LogP contribution < -0.4 is 0 Å². The van der Waals surface area contributed by atoms with Crippen LogP contribution in [0.1, 0.15) is 31.2 Å². The number of rotatable bonds is 2. The van der Waals surface area contributed by atoms with E-state index < -0.39 is 0 Å². The van der Waals surface area contributed by atoms with Gasteiger partial charge in [-0.2, -0.15) is 0 Å². The highest BCUT2D eigenvalue weighted by Gasteiger charge is 2.32. The Bertz CT molecular complexity index is 514. The van der Waals surface area contributed by atoms with Crippen molar-refractivity contribution < 1.29 is 4.74 Å². The molecule has 0 N–H and O–H groups in total. The van der Waals surface area contributed by atoms with E-state index in [-0.39, 0.29) is 5.60 Å². The number of hydrogen-bond acceptors (Lipinski definition) is 3. The lowest BCUT2D eigenvalue weighted by molar-refractivity contribution is -0.0701. The van der Waals surface area contributed by atoms with Crippen LogP contribution in [-0.4, -0.2) is 11.6 Å². The largest absolute Gasteiger partial charge is 0.368 e. The Labute approximate surface area is 112 Å². The van der Waals surface area contributed by atoms with Crippen molar-refractivity contribution in [2.45, 2.75) is 31.8 Å². The number of ether oxygens (including phenoxy) is 1. The molecule has 3 rings (SSSR count). The van der Waals surface area contributed by atoms with E-state index in [1.165, 1.54) is 18.4 Å². The van der Waals surface area contributed by atoms with Crippen molar-refractivity contribution in [3.05, 3.63) is 40.7 Å². The fourth-order valence-corrected chi connectivity index (χ4v) is 3.33. The van der Waals surface area contributed by atoms with Crippen LogP contribution in [0.25, 0.3) is 11.3 Å². The lowest BCUT2D eigenvalue weighted by Crippen LogP contribution is -2.29. The van der Waals surface area contributed by atoms with Crippen molar-refractivity contribution in [2.75, 3.05) is 6.61 Å². The molecular formula is C15H17NOS. The van der Waals surface area contributed by atoms with Crippen molar-refractivity contribution in [3.63, 3.8) is 0 Å². The summed E-state index contributed by atoms with van der Waals surface area (Å²) in [6, 6.07) is 10.3. The lowest BCUT2D eigenvalue weighted by Gasteiger charge is -2.31. The van der Waals surface area contributed by atoms with Gasteiger partial charge < -0.3 is 4.74 Å². The first kappa shape index (κ1) is 11.9. The highest BCUT2D eigenvalue weighted by Crippen LogP contribution is 2.37. The summed E-state index contributed by atoms with van der Waals surface area (Å²) < 4.78 is 5.95. The van der Waals surface area contributed by atoms with Crippen molar-refractivity contribution in [3.8, 4) is 11.3 Å². The Kier molecular flexibility index (Phi) is 3.18. The Morgan fingerprint density at radius 2 is 2.06 bits per heavy atom. The Morgan fingerprint density at radius 3 is 2.78 bits per heavy atom. The second-order valence-corrected chi connectivity index (χ2v) is 5.80. The van der Waals surface area contributed by atoms with E-state index >= 15 is 0 Å². The first-order valence-corrected chi connectivity index (χ1v) is 7.31. The first-order chi connectivity index (χ1) is 8.78. The van der Waals surface area contributed by atoms with Crippen LogP contribution in [0.3, 0.4) is 0 Å². The van der Waals surface area contributed by atoms with E-state index in [0.717, 1.165) is 23.7 Å². The summed E-state index contributed by atoms with van der Waals surface area (Å²) in [5.41, 5.74) is 2.07. The van der Waals surface area contributed by atoms with E-state index in [4.69, 9.17) is 9.72 Å².